The van der Waals surface area contributed by atoms with Crippen molar-refractivity contribution < 1.29 is 4.79 Å². The summed E-state index contributed by atoms with van der Waals surface area (Å²) in [7, 11) is 0. The number of carbonyl (C=O) groups is 1. The molecule has 78 valence electrons. The fraction of sp³-hybridized carbons (Fsp3) is 0.769. The second kappa shape index (κ2) is 4.17. The lowest BCUT2D eigenvalue weighted by molar-refractivity contribution is -0.135. The van der Waals surface area contributed by atoms with Crippen LogP contribution < -0.4 is 0 Å². The Morgan fingerprint density at radius 2 is 2.29 bits per heavy atom. The maximum atomic E-state index is 11.9. The third-order valence-electron chi connectivity index (χ3n) is 3.65. The molecule has 1 nitrogen and oxygen atoms in total. The first-order valence-corrected chi connectivity index (χ1v) is 5.49. The second-order valence-corrected chi connectivity index (χ2v) is 4.96. The number of ketones is 1. The molecule has 1 fully saturated rings. The summed E-state index contributed by atoms with van der Waals surface area (Å²) in [6.45, 7) is 6.44. The predicted octanol–water partition coefficient (Wildman–Crippen LogP) is 3.04. The first kappa shape index (κ1) is 11.3. The van der Waals surface area contributed by atoms with Crippen molar-refractivity contribution in [3.63, 3.8) is 0 Å². The van der Waals surface area contributed by atoms with Crippen LogP contribution in [0, 0.1) is 29.6 Å². The molecule has 1 aliphatic rings. The van der Waals surface area contributed by atoms with Crippen LogP contribution in [0.15, 0.2) is 0 Å². The molecule has 1 heteroatoms. The van der Waals surface area contributed by atoms with Crippen molar-refractivity contribution in [2.75, 3.05) is 0 Å². The molecule has 1 saturated carbocycles. The maximum absolute atomic E-state index is 11.9. The Morgan fingerprint density at radius 3 is 2.79 bits per heavy atom. The summed E-state index contributed by atoms with van der Waals surface area (Å²) in [4.78, 5) is 11.9. The molecule has 0 aromatic rings. The quantitative estimate of drug-likeness (QED) is 0.615. The highest BCUT2D eigenvalue weighted by Gasteiger charge is 2.43. The normalized spacial score (nSPS) is 33.1. The molecule has 0 aromatic heterocycles. The first-order chi connectivity index (χ1) is 6.52. The second-order valence-electron chi connectivity index (χ2n) is 4.96. The SMILES string of the molecule is C#CC[C@]1(C)C(=O)CCC[C@H]1C(C)C. The molecule has 0 unspecified atom stereocenters. The Bertz CT molecular complexity index is 259. The Hall–Kier alpha value is -0.770. The van der Waals surface area contributed by atoms with E-state index in [1.165, 1.54) is 0 Å². The standard InChI is InChI=1S/C13H20O/c1-5-9-13(4)11(10(2)3)7-6-8-12(13)14/h1,10-11H,6-9H2,2-4H3/t11-,13-/m0/s1. The Kier molecular flexibility index (Phi) is 3.37. The predicted molar refractivity (Wildman–Crippen MR) is 58.7 cm³/mol. The summed E-state index contributed by atoms with van der Waals surface area (Å²) in [6.07, 6.45) is 8.89. The van der Waals surface area contributed by atoms with Crippen molar-refractivity contribution in [1.29, 1.82) is 0 Å². The van der Waals surface area contributed by atoms with E-state index >= 15 is 0 Å². The zero-order valence-electron chi connectivity index (χ0n) is 9.47. The first-order valence-electron chi connectivity index (χ1n) is 5.49. The summed E-state index contributed by atoms with van der Waals surface area (Å²) in [5, 5.41) is 0. The number of Topliss-reactive ketones (excluding diaryl/α,β-unsaturated/α-hetero) is 1. The van der Waals surface area contributed by atoms with Crippen LogP contribution in [0.1, 0.15) is 46.5 Å². The van der Waals surface area contributed by atoms with Crippen LogP contribution in [-0.4, -0.2) is 5.78 Å². The number of carbonyl (C=O) groups excluding carboxylic acids is 1. The van der Waals surface area contributed by atoms with Gasteiger partial charge in [-0.05, 0) is 24.7 Å². The van der Waals surface area contributed by atoms with E-state index in [0.29, 0.717) is 24.0 Å². The van der Waals surface area contributed by atoms with Gasteiger partial charge in [-0.25, -0.2) is 0 Å². The van der Waals surface area contributed by atoms with E-state index in [1.807, 2.05) is 0 Å². The Labute approximate surface area is 87.3 Å². The topological polar surface area (TPSA) is 17.1 Å². The number of terminal acetylenes is 1. The average Bonchev–Trinajstić information content (AvgIpc) is 2.10. The highest BCUT2D eigenvalue weighted by Crippen LogP contribution is 2.44. The van der Waals surface area contributed by atoms with E-state index in [9.17, 15) is 4.79 Å². The monoisotopic (exact) mass is 192 g/mol. The molecule has 0 aliphatic heterocycles. The van der Waals surface area contributed by atoms with Gasteiger partial charge in [0.25, 0.3) is 0 Å². The molecule has 0 spiro atoms. The van der Waals surface area contributed by atoms with E-state index in [0.717, 1.165) is 19.3 Å². The van der Waals surface area contributed by atoms with Crippen LogP contribution in [0.25, 0.3) is 0 Å². The van der Waals surface area contributed by atoms with Crippen LogP contribution in [0.3, 0.4) is 0 Å². The molecule has 14 heavy (non-hydrogen) atoms. The van der Waals surface area contributed by atoms with Gasteiger partial charge in [-0.2, -0.15) is 0 Å². The minimum absolute atomic E-state index is 0.249. The van der Waals surface area contributed by atoms with Gasteiger partial charge < -0.3 is 0 Å². The highest BCUT2D eigenvalue weighted by molar-refractivity contribution is 5.85. The number of hydrogen-bond acceptors (Lipinski definition) is 1. The minimum atomic E-state index is -0.249. The number of rotatable bonds is 2. The van der Waals surface area contributed by atoms with Gasteiger partial charge in [-0.15, -0.1) is 12.3 Å². The van der Waals surface area contributed by atoms with Crippen LogP contribution in [0.5, 0.6) is 0 Å². The summed E-state index contributed by atoms with van der Waals surface area (Å²) in [5.74, 6) is 4.07. The van der Waals surface area contributed by atoms with E-state index in [-0.39, 0.29) is 5.41 Å². The van der Waals surface area contributed by atoms with Gasteiger partial charge in [0, 0.05) is 18.3 Å². The van der Waals surface area contributed by atoms with Gasteiger partial charge >= 0.3 is 0 Å². The molecule has 0 bridgehead atoms. The Morgan fingerprint density at radius 1 is 1.64 bits per heavy atom. The van der Waals surface area contributed by atoms with E-state index in [2.05, 4.69) is 26.7 Å². The molecular weight excluding hydrogens is 172 g/mol. The fourth-order valence-corrected chi connectivity index (χ4v) is 2.80. The largest absolute Gasteiger partial charge is 0.299 e. The summed E-state index contributed by atoms with van der Waals surface area (Å²) in [5.41, 5.74) is -0.249. The van der Waals surface area contributed by atoms with Gasteiger partial charge in [-0.3, -0.25) is 4.79 Å². The summed E-state index contributed by atoms with van der Waals surface area (Å²) < 4.78 is 0. The van der Waals surface area contributed by atoms with E-state index in [4.69, 9.17) is 6.42 Å². The van der Waals surface area contributed by atoms with Crippen LogP contribution in [-0.2, 0) is 4.79 Å². The molecule has 0 saturated heterocycles. The molecule has 0 aromatic carbocycles. The third kappa shape index (κ3) is 1.85. The molecule has 0 N–H and O–H groups in total. The van der Waals surface area contributed by atoms with Gasteiger partial charge in [-0.1, -0.05) is 20.8 Å². The molecule has 2 atom stereocenters. The maximum Gasteiger partial charge on any atom is 0.139 e. The van der Waals surface area contributed by atoms with Gasteiger partial charge in [0.15, 0.2) is 0 Å². The molecular formula is C13H20O. The van der Waals surface area contributed by atoms with Crippen LogP contribution >= 0.6 is 0 Å². The Balaban J connectivity index is 2.92. The zero-order chi connectivity index (χ0) is 10.8. The van der Waals surface area contributed by atoms with Gasteiger partial charge in [0.1, 0.15) is 5.78 Å². The smallest absolute Gasteiger partial charge is 0.139 e. The lowest BCUT2D eigenvalue weighted by atomic mass is 9.61. The average molecular weight is 192 g/mol. The molecule has 0 amide bonds. The van der Waals surface area contributed by atoms with Crippen molar-refractivity contribution in [3.05, 3.63) is 0 Å². The van der Waals surface area contributed by atoms with Gasteiger partial charge in [0.05, 0.1) is 0 Å². The van der Waals surface area contributed by atoms with Crippen molar-refractivity contribution in [2.45, 2.75) is 46.5 Å². The highest BCUT2D eigenvalue weighted by atomic mass is 16.1. The van der Waals surface area contributed by atoms with E-state index in [1.54, 1.807) is 0 Å². The molecule has 0 heterocycles. The summed E-state index contributed by atoms with van der Waals surface area (Å²) >= 11 is 0. The van der Waals surface area contributed by atoms with Crippen molar-refractivity contribution in [2.24, 2.45) is 17.3 Å². The van der Waals surface area contributed by atoms with Crippen molar-refractivity contribution >= 4 is 5.78 Å². The van der Waals surface area contributed by atoms with Crippen molar-refractivity contribution in [1.82, 2.24) is 0 Å². The number of hydrogen-bond donors (Lipinski definition) is 0. The van der Waals surface area contributed by atoms with Crippen molar-refractivity contribution in [3.8, 4) is 12.3 Å². The van der Waals surface area contributed by atoms with Crippen LogP contribution in [0.2, 0.25) is 0 Å². The zero-order valence-corrected chi connectivity index (χ0v) is 9.47. The lowest BCUT2D eigenvalue weighted by Gasteiger charge is -2.41. The molecule has 1 aliphatic carbocycles. The summed E-state index contributed by atoms with van der Waals surface area (Å²) in [6, 6.07) is 0. The third-order valence-corrected chi connectivity index (χ3v) is 3.65. The lowest BCUT2D eigenvalue weighted by Crippen LogP contribution is -2.41. The van der Waals surface area contributed by atoms with Gasteiger partial charge in [0.2, 0.25) is 0 Å². The van der Waals surface area contributed by atoms with E-state index < -0.39 is 0 Å². The minimum Gasteiger partial charge on any atom is -0.299 e. The molecule has 0 radical (unpaired) electrons. The molecule has 1 rings (SSSR count). The van der Waals surface area contributed by atoms with Crippen LogP contribution in [0.4, 0.5) is 0 Å². The fourth-order valence-electron chi connectivity index (χ4n) is 2.80.